The number of aromatic hydroxyl groups is 2. The molecule has 175 valence electrons. The van der Waals surface area contributed by atoms with Gasteiger partial charge in [0.05, 0.1) is 19.1 Å². The summed E-state index contributed by atoms with van der Waals surface area (Å²) >= 11 is 0. The fourth-order valence-corrected chi connectivity index (χ4v) is 3.59. The second-order valence-corrected chi connectivity index (χ2v) is 7.90. The summed E-state index contributed by atoms with van der Waals surface area (Å²) in [5.41, 5.74) is 6.78. The Bertz CT molecular complexity index is 993. The number of phenolic OH excluding ortho intramolecular Hbond substituents is 1. The Labute approximate surface area is 191 Å². The summed E-state index contributed by atoms with van der Waals surface area (Å²) in [5, 5.41) is 47.0. The number of rotatable bonds is 10. The Kier molecular flexibility index (Phi) is 7.80. The minimum absolute atomic E-state index is 0.0135. The first-order valence-corrected chi connectivity index (χ1v) is 10.4. The largest absolute Gasteiger partial charge is 0.508 e. The Balaban J connectivity index is 1.57. The third kappa shape index (κ3) is 6.16. The number of aromatic carboxylic acids is 1. The van der Waals surface area contributed by atoms with E-state index in [2.05, 4.69) is 0 Å². The van der Waals surface area contributed by atoms with Gasteiger partial charge in [-0.3, -0.25) is 4.79 Å². The number of hydrogen-bond donors (Lipinski definition) is 6. The number of phenols is 2. The van der Waals surface area contributed by atoms with Gasteiger partial charge in [0.2, 0.25) is 5.91 Å². The molecule has 0 unspecified atom stereocenters. The second-order valence-electron chi connectivity index (χ2n) is 7.90. The number of carbonyl (C=O) groups excluding carboxylic acids is 1. The van der Waals surface area contributed by atoms with Crippen molar-refractivity contribution in [3.63, 3.8) is 0 Å². The SMILES string of the molecule is N[C@H](Cc1ccc(O)cc1)C(=O)N1CC(Oc2ccc(CC[B]C(O)O)c(O)c2C(=O)O)C1. The minimum Gasteiger partial charge on any atom is -0.508 e. The van der Waals surface area contributed by atoms with Gasteiger partial charge in [-0.05, 0) is 42.2 Å². The third-order valence-electron chi connectivity index (χ3n) is 5.39. The van der Waals surface area contributed by atoms with Gasteiger partial charge in [-0.15, -0.1) is 0 Å². The van der Waals surface area contributed by atoms with E-state index in [-0.39, 0.29) is 48.8 Å². The van der Waals surface area contributed by atoms with Gasteiger partial charge in [0.15, 0.2) is 7.28 Å². The van der Waals surface area contributed by atoms with E-state index >= 15 is 0 Å². The average molecular weight is 457 g/mol. The number of benzene rings is 2. The molecule has 2 aromatic carbocycles. The van der Waals surface area contributed by atoms with Crippen molar-refractivity contribution < 1.29 is 39.9 Å². The number of aliphatic hydroxyl groups is 2. The van der Waals surface area contributed by atoms with Crippen LogP contribution in [0.5, 0.6) is 17.2 Å². The molecule has 1 amide bonds. The number of aliphatic hydroxyl groups excluding tert-OH is 1. The number of nitrogens with zero attached hydrogens (tertiary/aromatic N) is 1. The van der Waals surface area contributed by atoms with E-state index in [4.69, 9.17) is 20.7 Å². The molecule has 0 spiro atoms. The van der Waals surface area contributed by atoms with Crippen LogP contribution in [0.2, 0.25) is 6.32 Å². The number of carboxylic acid groups (broad SMARTS) is 1. The van der Waals surface area contributed by atoms with Crippen molar-refractivity contribution >= 4 is 19.2 Å². The topological polar surface area (TPSA) is 174 Å². The van der Waals surface area contributed by atoms with Gasteiger partial charge >= 0.3 is 5.97 Å². The van der Waals surface area contributed by atoms with Crippen LogP contribution in [-0.4, -0.2) is 81.0 Å². The number of likely N-dealkylation sites (tertiary alicyclic amines) is 1. The van der Waals surface area contributed by atoms with Gasteiger partial charge < -0.3 is 40.9 Å². The molecule has 1 aliphatic rings. The maximum atomic E-state index is 12.5. The van der Waals surface area contributed by atoms with Crippen molar-refractivity contribution in [3.8, 4) is 17.2 Å². The third-order valence-corrected chi connectivity index (χ3v) is 5.39. The normalized spacial score (nSPS) is 14.6. The molecule has 1 atom stereocenters. The summed E-state index contributed by atoms with van der Waals surface area (Å²) in [4.78, 5) is 25.8. The average Bonchev–Trinajstić information content (AvgIpc) is 2.72. The van der Waals surface area contributed by atoms with Crippen LogP contribution in [-0.2, 0) is 17.6 Å². The number of ether oxygens (including phenoxy) is 1. The van der Waals surface area contributed by atoms with Crippen LogP contribution in [0, 0.1) is 0 Å². The number of hydrogen-bond acceptors (Lipinski definition) is 8. The zero-order valence-electron chi connectivity index (χ0n) is 17.8. The van der Waals surface area contributed by atoms with Crippen molar-refractivity contribution in [3.05, 3.63) is 53.1 Å². The Morgan fingerprint density at radius 2 is 1.79 bits per heavy atom. The van der Waals surface area contributed by atoms with E-state index in [1.54, 1.807) is 12.1 Å². The summed E-state index contributed by atoms with van der Waals surface area (Å²) in [6.07, 6.45) is -1.28. The van der Waals surface area contributed by atoms with Crippen LogP contribution in [0.3, 0.4) is 0 Å². The van der Waals surface area contributed by atoms with Gasteiger partial charge in [-0.1, -0.05) is 24.5 Å². The molecule has 0 aromatic heterocycles. The number of nitrogens with two attached hydrogens (primary N) is 1. The number of carbonyl (C=O) groups is 2. The molecule has 1 radical (unpaired) electrons. The second kappa shape index (κ2) is 10.6. The Morgan fingerprint density at radius 3 is 2.39 bits per heavy atom. The van der Waals surface area contributed by atoms with Gasteiger partial charge in [0.1, 0.15) is 35.1 Å². The maximum absolute atomic E-state index is 12.5. The Hall–Kier alpha value is -3.28. The van der Waals surface area contributed by atoms with Gasteiger partial charge in [0.25, 0.3) is 0 Å². The lowest BCUT2D eigenvalue weighted by molar-refractivity contribution is -0.141. The predicted octanol–water partition coefficient (Wildman–Crippen LogP) is -0.111. The number of amides is 1. The van der Waals surface area contributed by atoms with E-state index < -0.39 is 30.1 Å². The number of aryl methyl sites for hydroxylation is 1. The smallest absolute Gasteiger partial charge is 0.343 e. The van der Waals surface area contributed by atoms with Crippen molar-refractivity contribution in [1.82, 2.24) is 4.90 Å². The molecule has 1 saturated heterocycles. The van der Waals surface area contributed by atoms with E-state index in [1.165, 1.54) is 36.4 Å². The molecule has 0 bridgehead atoms. The lowest BCUT2D eigenvalue weighted by Crippen LogP contribution is -2.60. The first-order valence-electron chi connectivity index (χ1n) is 10.4. The highest BCUT2D eigenvalue weighted by molar-refractivity contribution is 6.36. The van der Waals surface area contributed by atoms with Crippen molar-refractivity contribution in [2.45, 2.75) is 37.5 Å². The molecule has 1 heterocycles. The summed E-state index contributed by atoms with van der Waals surface area (Å²) < 4.78 is 5.72. The molecule has 1 fully saturated rings. The molecule has 33 heavy (non-hydrogen) atoms. The van der Waals surface area contributed by atoms with Crippen LogP contribution in [0.25, 0.3) is 0 Å². The minimum atomic E-state index is -1.59. The summed E-state index contributed by atoms with van der Waals surface area (Å²) in [7, 11) is 1.22. The summed E-state index contributed by atoms with van der Waals surface area (Å²) in [5.74, 6) is -1.95. The fourth-order valence-electron chi connectivity index (χ4n) is 3.59. The molecular formula is C22H26BN2O8. The van der Waals surface area contributed by atoms with Crippen molar-refractivity contribution in [2.24, 2.45) is 5.73 Å². The van der Waals surface area contributed by atoms with Crippen LogP contribution in [0.4, 0.5) is 0 Å². The molecular weight excluding hydrogens is 431 g/mol. The first-order chi connectivity index (χ1) is 15.7. The van der Waals surface area contributed by atoms with Crippen LogP contribution >= 0.6 is 0 Å². The maximum Gasteiger partial charge on any atom is 0.343 e. The molecule has 2 aromatic rings. The molecule has 0 saturated carbocycles. The lowest BCUT2D eigenvalue weighted by atomic mass is 9.71. The highest BCUT2D eigenvalue weighted by Crippen LogP contribution is 2.34. The molecule has 1 aliphatic heterocycles. The van der Waals surface area contributed by atoms with Crippen LogP contribution in [0.15, 0.2) is 36.4 Å². The monoisotopic (exact) mass is 457 g/mol. The van der Waals surface area contributed by atoms with E-state index in [9.17, 15) is 24.9 Å². The van der Waals surface area contributed by atoms with Gasteiger partial charge in [-0.2, -0.15) is 0 Å². The van der Waals surface area contributed by atoms with Gasteiger partial charge in [0, 0.05) is 0 Å². The summed E-state index contributed by atoms with van der Waals surface area (Å²) in [6.45, 7) is 0.458. The number of carboxylic acids is 1. The quantitative estimate of drug-likeness (QED) is 0.210. The zero-order valence-corrected chi connectivity index (χ0v) is 17.8. The zero-order chi connectivity index (χ0) is 24.1. The van der Waals surface area contributed by atoms with E-state index in [1.807, 2.05) is 0 Å². The highest BCUT2D eigenvalue weighted by atomic mass is 16.5. The standard InChI is InChI=1S/C22H26BN2O8/c24-16(9-12-1-4-14(26)5-2-12)20(28)25-10-15(11-25)33-17-6-3-13(7-8-23-22(31)32)19(27)18(17)21(29)30/h1-6,15-16,22,26-27,31-32H,7-11,24H2,(H,29,30)/t16-/m1/s1. The van der Waals surface area contributed by atoms with E-state index in [0.717, 1.165) is 5.56 Å². The molecule has 3 rings (SSSR count). The van der Waals surface area contributed by atoms with Crippen LogP contribution < -0.4 is 10.5 Å². The molecule has 7 N–H and O–H groups in total. The van der Waals surface area contributed by atoms with E-state index in [0.29, 0.717) is 12.0 Å². The van der Waals surface area contributed by atoms with Crippen molar-refractivity contribution in [2.75, 3.05) is 13.1 Å². The Morgan fingerprint density at radius 1 is 1.12 bits per heavy atom. The van der Waals surface area contributed by atoms with Gasteiger partial charge in [-0.25, -0.2) is 4.79 Å². The molecule has 11 heteroatoms. The lowest BCUT2D eigenvalue weighted by Gasteiger charge is -2.40. The van der Waals surface area contributed by atoms with Crippen molar-refractivity contribution in [1.29, 1.82) is 0 Å². The first kappa shape index (κ1) is 24.4. The molecule has 0 aliphatic carbocycles. The predicted molar refractivity (Wildman–Crippen MR) is 118 cm³/mol. The van der Waals surface area contributed by atoms with Crippen LogP contribution in [0.1, 0.15) is 21.5 Å². The fraction of sp³-hybridized carbons (Fsp3) is 0.364. The molecule has 10 nitrogen and oxygen atoms in total. The summed E-state index contributed by atoms with van der Waals surface area (Å²) in [6, 6.07) is 8.63. The highest BCUT2D eigenvalue weighted by Gasteiger charge is 2.35.